The van der Waals surface area contributed by atoms with Crippen molar-refractivity contribution >= 4 is 17.8 Å². The fraction of sp³-hybridized carbons (Fsp3) is 0.250. The van der Waals surface area contributed by atoms with E-state index >= 15 is 0 Å². The van der Waals surface area contributed by atoms with E-state index in [2.05, 4.69) is 15.5 Å². The second kappa shape index (κ2) is 7.00. The molecule has 0 aliphatic rings. The molecule has 0 unspecified atom stereocenters. The van der Waals surface area contributed by atoms with Crippen LogP contribution in [-0.2, 0) is 11.8 Å². The van der Waals surface area contributed by atoms with Crippen LogP contribution in [0.15, 0.2) is 36.4 Å². The van der Waals surface area contributed by atoms with Crippen molar-refractivity contribution in [2.24, 2.45) is 7.05 Å². The largest absolute Gasteiger partial charge is 0.307 e. The van der Waals surface area contributed by atoms with Crippen molar-refractivity contribution in [1.29, 1.82) is 0 Å². The van der Waals surface area contributed by atoms with E-state index in [4.69, 9.17) is 0 Å². The Morgan fingerprint density at radius 3 is 2.35 bits per heavy atom. The van der Waals surface area contributed by atoms with Crippen LogP contribution in [0.2, 0.25) is 0 Å². The Morgan fingerprint density at radius 1 is 1.04 bits per heavy atom. The predicted molar refractivity (Wildman–Crippen MR) is 103 cm³/mol. The first-order valence-corrected chi connectivity index (χ1v) is 8.49. The minimum Gasteiger partial charge on any atom is -0.307 e. The lowest BCUT2D eigenvalue weighted by atomic mass is 10.2. The van der Waals surface area contributed by atoms with Gasteiger partial charge in [-0.1, -0.05) is 18.2 Å². The summed E-state index contributed by atoms with van der Waals surface area (Å²) in [5, 5.41) is 11.8. The molecule has 6 heteroatoms. The number of para-hydroxylation sites is 1. The normalized spacial score (nSPS) is 11.3. The molecule has 6 nitrogen and oxygen atoms in total. The Balaban J connectivity index is 1.82. The standard InChI is InChI=1S/C20H23N5O/c1-13-14(2)22-24(5)20(13)21-19(26)12-11-18-15(3)23-25(16(18)4)17-9-7-6-8-10-17/h6-12H,1-5H3,(H,21,26)/b12-11+. The van der Waals surface area contributed by atoms with Crippen molar-refractivity contribution in [3.8, 4) is 5.69 Å². The number of aryl methyl sites for hydroxylation is 3. The van der Waals surface area contributed by atoms with Crippen LogP contribution in [0.1, 0.15) is 28.2 Å². The van der Waals surface area contributed by atoms with Gasteiger partial charge >= 0.3 is 0 Å². The lowest BCUT2D eigenvalue weighted by Gasteiger charge is -2.04. The molecular weight excluding hydrogens is 326 g/mol. The highest BCUT2D eigenvalue weighted by atomic mass is 16.1. The van der Waals surface area contributed by atoms with Gasteiger partial charge in [0.25, 0.3) is 0 Å². The number of benzene rings is 1. The van der Waals surface area contributed by atoms with Crippen LogP contribution in [0.5, 0.6) is 0 Å². The summed E-state index contributed by atoms with van der Waals surface area (Å²) >= 11 is 0. The molecule has 0 aliphatic carbocycles. The zero-order chi connectivity index (χ0) is 18.8. The molecule has 0 aliphatic heterocycles. The fourth-order valence-electron chi connectivity index (χ4n) is 2.97. The maximum atomic E-state index is 12.3. The van der Waals surface area contributed by atoms with Crippen molar-refractivity contribution in [2.75, 3.05) is 5.32 Å². The van der Waals surface area contributed by atoms with Crippen LogP contribution in [0.3, 0.4) is 0 Å². The first-order chi connectivity index (χ1) is 12.4. The Labute approximate surface area is 153 Å². The van der Waals surface area contributed by atoms with Gasteiger partial charge in [0.15, 0.2) is 0 Å². The Kier molecular flexibility index (Phi) is 4.75. The number of nitrogens with zero attached hydrogens (tertiary/aromatic N) is 4. The van der Waals surface area contributed by atoms with Gasteiger partial charge in [-0.3, -0.25) is 9.48 Å². The van der Waals surface area contributed by atoms with Gasteiger partial charge < -0.3 is 5.32 Å². The Bertz CT molecular complexity index is 980. The van der Waals surface area contributed by atoms with E-state index in [0.29, 0.717) is 5.82 Å². The highest BCUT2D eigenvalue weighted by Crippen LogP contribution is 2.20. The number of hydrogen-bond acceptors (Lipinski definition) is 3. The van der Waals surface area contributed by atoms with Gasteiger partial charge in [0.05, 0.1) is 17.1 Å². The highest BCUT2D eigenvalue weighted by Gasteiger charge is 2.13. The quantitative estimate of drug-likeness (QED) is 0.733. The number of nitrogens with one attached hydrogen (secondary N) is 1. The smallest absolute Gasteiger partial charge is 0.249 e. The molecule has 0 spiro atoms. The summed E-state index contributed by atoms with van der Waals surface area (Å²) in [6.45, 7) is 7.81. The molecule has 0 radical (unpaired) electrons. The van der Waals surface area contributed by atoms with Crippen molar-refractivity contribution in [3.05, 3.63) is 64.6 Å². The second-order valence-electron chi connectivity index (χ2n) is 6.34. The zero-order valence-electron chi connectivity index (χ0n) is 15.7. The molecule has 1 N–H and O–H groups in total. The van der Waals surface area contributed by atoms with Crippen LogP contribution in [0.25, 0.3) is 11.8 Å². The van der Waals surface area contributed by atoms with E-state index in [0.717, 1.165) is 33.9 Å². The Hall–Kier alpha value is -3.15. The number of anilines is 1. The average molecular weight is 349 g/mol. The Morgan fingerprint density at radius 2 is 1.73 bits per heavy atom. The molecule has 0 saturated carbocycles. The van der Waals surface area contributed by atoms with Gasteiger partial charge in [0.2, 0.25) is 5.91 Å². The number of carbonyl (C=O) groups is 1. The van der Waals surface area contributed by atoms with Gasteiger partial charge in [0.1, 0.15) is 5.82 Å². The summed E-state index contributed by atoms with van der Waals surface area (Å²) < 4.78 is 3.57. The molecule has 134 valence electrons. The minimum absolute atomic E-state index is 0.192. The third kappa shape index (κ3) is 3.31. The molecule has 0 bridgehead atoms. The fourth-order valence-corrected chi connectivity index (χ4v) is 2.97. The lowest BCUT2D eigenvalue weighted by Crippen LogP contribution is -2.12. The van der Waals surface area contributed by atoms with E-state index in [1.54, 1.807) is 4.68 Å². The van der Waals surface area contributed by atoms with Crippen molar-refractivity contribution in [3.63, 3.8) is 0 Å². The molecule has 3 aromatic rings. The van der Waals surface area contributed by atoms with E-state index in [-0.39, 0.29) is 5.91 Å². The van der Waals surface area contributed by atoms with E-state index < -0.39 is 0 Å². The van der Waals surface area contributed by atoms with Crippen LogP contribution in [0, 0.1) is 27.7 Å². The third-order valence-electron chi connectivity index (χ3n) is 4.51. The van der Waals surface area contributed by atoms with E-state index in [1.165, 1.54) is 6.08 Å². The predicted octanol–water partition coefficient (Wildman–Crippen LogP) is 3.49. The van der Waals surface area contributed by atoms with Crippen LogP contribution in [-0.4, -0.2) is 25.5 Å². The maximum absolute atomic E-state index is 12.3. The molecule has 1 aromatic carbocycles. The molecule has 2 heterocycles. The summed E-state index contributed by atoms with van der Waals surface area (Å²) in [5.74, 6) is 0.521. The number of rotatable bonds is 4. The van der Waals surface area contributed by atoms with Crippen LogP contribution in [0.4, 0.5) is 5.82 Å². The molecule has 2 aromatic heterocycles. The highest BCUT2D eigenvalue weighted by molar-refractivity contribution is 6.02. The van der Waals surface area contributed by atoms with Gasteiger partial charge in [-0.25, -0.2) is 4.68 Å². The van der Waals surface area contributed by atoms with Gasteiger partial charge in [-0.2, -0.15) is 10.2 Å². The zero-order valence-corrected chi connectivity index (χ0v) is 15.7. The molecule has 0 saturated heterocycles. The molecule has 0 atom stereocenters. The van der Waals surface area contributed by atoms with Gasteiger partial charge in [-0.05, 0) is 45.9 Å². The number of carbonyl (C=O) groups excluding carboxylic acids is 1. The van der Waals surface area contributed by atoms with Crippen molar-refractivity contribution < 1.29 is 4.79 Å². The molecule has 1 amide bonds. The number of hydrogen-bond donors (Lipinski definition) is 1. The number of aromatic nitrogens is 4. The third-order valence-corrected chi connectivity index (χ3v) is 4.51. The molecule has 0 fully saturated rings. The topological polar surface area (TPSA) is 64.7 Å². The monoisotopic (exact) mass is 349 g/mol. The maximum Gasteiger partial charge on any atom is 0.249 e. The summed E-state index contributed by atoms with van der Waals surface area (Å²) in [7, 11) is 1.82. The van der Waals surface area contributed by atoms with Crippen LogP contribution < -0.4 is 5.32 Å². The number of amides is 1. The van der Waals surface area contributed by atoms with Crippen molar-refractivity contribution in [1.82, 2.24) is 19.6 Å². The van der Waals surface area contributed by atoms with Gasteiger partial charge in [0, 0.05) is 29.9 Å². The summed E-state index contributed by atoms with van der Waals surface area (Å²) in [4.78, 5) is 12.3. The van der Waals surface area contributed by atoms with Gasteiger partial charge in [-0.15, -0.1) is 0 Å². The minimum atomic E-state index is -0.192. The lowest BCUT2D eigenvalue weighted by molar-refractivity contribution is -0.111. The van der Waals surface area contributed by atoms with E-state index in [9.17, 15) is 4.79 Å². The summed E-state index contributed by atoms with van der Waals surface area (Å²) in [6, 6.07) is 9.95. The molecule has 26 heavy (non-hydrogen) atoms. The molecular formula is C20H23N5O. The average Bonchev–Trinajstić information content (AvgIpc) is 3.04. The molecule has 3 rings (SSSR count). The summed E-state index contributed by atoms with van der Waals surface area (Å²) in [5.41, 5.74) is 5.69. The van der Waals surface area contributed by atoms with Crippen LogP contribution >= 0.6 is 0 Å². The first-order valence-electron chi connectivity index (χ1n) is 8.49. The van der Waals surface area contributed by atoms with Crippen molar-refractivity contribution in [2.45, 2.75) is 27.7 Å². The first kappa shape index (κ1) is 17.7. The van der Waals surface area contributed by atoms with E-state index in [1.807, 2.05) is 75.8 Å². The summed E-state index contributed by atoms with van der Waals surface area (Å²) in [6.07, 6.45) is 3.35. The SMILES string of the molecule is Cc1nn(C)c(NC(=O)/C=C/c2c(C)nn(-c3ccccc3)c2C)c1C. The second-order valence-corrected chi connectivity index (χ2v) is 6.34.